The third-order valence-corrected chi connectivity index (χ3v) is 3.16. The first-order valence-corrected chi connectivity index (χ1v) is 6.12. The fourth-order valence-electron chi connectivity index (χ4n) is 2.17. The predicted molar refractivity (Wildman–Crippen MR) is 74.0 cm³/mol. The van der Waals surface area contributed by atoms with Crippen molar-refractivity contribution in [3.05, 3.63) is 71.3 Å². The van der Waals surface area contributed by atoms with Crippen molar-refractivity contribution in [3.8, 4) is 0 Å². The van der Waals surface area contributed by atoms with E-state index in [2.05, 4.69) is 40.3 Å². The summed E-state index contributed by atoms with van der Waals surface area (Å²) in [6, 6.07) is 4.11. The van der Waals surface area contributed by atoms with Crippen LogP contribution in [0.2, 0.25) is 0 Å². The first-order chi connectivity index (χ1) is 8.93. The molecule has 0 saturated heterocycles. The Morgan fingerprint density at radius 2 is 1.44 bits per heavy atom. The highest BCUT2D eigenvalue weighted by atomic mass is 14.6. The molecule has 2 nitrogen and oxygen atoms in total. The van der Waals surface area contributed by atoms with Crippen LogP contribution >= 0.6 is 0 Å². The van der Waals surface area contributed by atoms with Crippen molar-refractivity contribution in [2.75, 3.05) is 0 Å². The third-order valence-electron chi connectivity index (χ3n) is 3.16. The molecule has 88 valence electrons. The second kappa shape index (κ2) is 4.96. The minimum absolute atomic E-state index is 1.06. The van der Waals surface area contributed by atoms with Crippen LogP contribution in [0.25, 0.3) is 12.2 Å². The van der Waals surface area contributed by atoms with Gasteiger partial charge < -0.3 is 0 Å². The molecule has 0 atom stereocenters. The SMILES string of the molecule is C1=Cc2ccncc2C1.C1=Cc2cnccc2C1. The first kappa shape index (κ1) is 10.9. The van der Waals surface area contributed by atoms with Gasteiger partial charge in [0.2, 0.25) is 0 Å². The predicted octanol–water partition coefficient (Wildman–Crippen LogP) is 3.30. The number of aromatic nitrogens is 2. The Hall–Kier alpha value is -2.22. The standard InChI is InChI=1S/2C8H7N/c2*1-2-7-4-5-9-6-8(7)3-1/h1,3-6H,2H2;1-2,4-6H,3H2. The molecule has 0 aliphatic heterocycles. The number of fused-ring (bicyclic) bond motifs is 2. The maximum Gasteiger partial charge on any atom is 0.0343 e. The molecule has 2 aromatic heterocycles. The summed E-state index contributed by atoms with van der Waals surface area (Å²) in [5.74, 6) is 0. The highest BCUT2D eigenvalue weighted by Crippen LogP contribution is 2.16. The van der Waals surface area contributed by atoms with Gasteiger partial charge in [-0.25, -0.2) is 0 Å². The highest BCUT2D eigenvalue weighted by Gasteiger charge is 2.01. The van der Waals surface area contributed by atoms with Gasteiger partial charge >= 0.3 is 0 Å². The summed E-state index contributed by atoms with van der Waals surface area (Å²) in [5, 5.41) is 0. The molecule has 0 amide bonds. The van der Waals surface area contributed by atoms with Crippen LogP contribution < -0.4 is 0 Å². The zero-order valence-electron chi connectivity index (χ0n) is 10.1. The molecule has 2 heterocycles. The van der Waals surface area contributed by atoms with Crippen molar-refractivity contribution in [1.29, 1.82) is 0 Å². The van der Waals surface area contributed by atoms with Crippen LogP contribution in [0.4, 0.5) is 0 Å². The van der Waals surface area contributed by atoms with E-state index in [-0.39, 0.29) is 0 Å². The Morgan fingerprint density at radius 1 is 0.722 bits per heavy atom. The molecule has 18 heavy (non-hydrogen) atoms. The van der Waals surface area contributed by atoms with Crippen molar-refractivity contribution < 1.29 is 0 Å². The topological polar surface area (TPSA) is 25.8 Å². The van der Waals surface area contributed by atoms with E-state index >= 15 is 0 Å². The number of pyridine rings is 2. The monoisotopic (exact) mass is 234 g/mol. The number of hydrogen-bond donors (Lipinski definition) is 0. The quantitative estimate of drug-likeness (QED) is 0.699. The molecule has 0 fully saturated rings. The largest absolute Gasteiger partial charge is 0.264 e. The second-order valence-electron chi connectivity index (χ2n) is 4.36. The van der Waals surface area contributed by atoms with E-state index in [0.29, 0.717) is 0 Å². The van der Waals surface area contributed by atoms with Crippen molar-refractivity contribution in [2.45, 2.75) is 12.8 Å². The van der Waals surface area contributed by atoms with E-state index < -0.39 is 0 Å². The van der Waals surface area contributed by atoms with Crippen LogP contribution in [0.5, 0.6) is 0 Å². The molecule has 0 saturated carbocycles. The van der Waals surface area contributed by atoms with E-state index in [1.807, 2.05) is 30.9 Å². The Kier molecular flexibility index (Phi) is 3.01. The van der Waals surface area contributed by atoms with Crippen molar-refractivity contribution in [2.24, 2.45) is 0 Å². The molecule has 4 rings (SSSR count). The van der Waals surface area contributed by atoms with Crippen LogP contribution in [0, 0.1) is 0 Å². The normalized spacial score (nSPS) is 13.8. The second-order valence-corrected chi connectivity index (χ2v) is 4.36. The van der Waals surface area contributed by atoms with E-state index in [1.54, 1.807) is 0 Å². The molecule has 2 aromatic rings. The average Bonchev–Trinajstić information content (AvgIpc) is 3.08. The van der Waals surface area contributed by atoms with E-state index in [9.17, 15) is 0 Å². The summed E-state index contributed by atoms with van der Waals surface area (Å²) < 4.78 is 0. The van der Waals surface area contributed by atoms with Crippen LogP contribution in [0.15, 0.2) is 49.1 Å². The van der Waals surface area contributed by atoms with Crippen molar-refractivity contribution in [1.82, 2.24) is 9.97 Å². The Labute approximate surface area is 107 Å². The molecular formula is C16H14N2. The lowest BCUT2D eigenvalue weighted by molar-refractivity contribution is 1.21. The lowest BCUT2D eigenvalue weighted by atomic mass is 10.2. The minimum atomic E-state index is 1.06. The third kappa shape index (κ3) is 2.23. The Bertz CT molecular complexity index is 556. The lowest BCUT2D eigenvalue weighted by Crippen LogP contribution is -1.80. The van der Waals surface area contributed by atoms with E-state index in [4.69, 9.17) is 0 Å². The fourth-order valence-corrected chi connectivity index (χ4v) is 2.17. The van der Waals surface area contributed by atoms with Crippen LogP contribution in [-0.4, -0.2) is 9.97 Å². The summed E-state index contributed by atoms with van der Waals surface area (Å²) in [6.07, 6.45) is 18.2. The minimum Gasteiger partial charge on any atom is -0.264 e. The molecule has 0 aromatic carbocycles. The van der Waals surface area contributed by atoms with E-state index in [0.717, 1.165) is 12.8 Å². The molecule has 2 aliphatic carbocycles. The zero-order valence-corrected chi connectivity index (χ0v) is 10.1. The van der Waals surface area contributed by atoms with Crippen LogP contribution in [-0.2, 0) is 12.8 Å². The fraction of sp³-hybridized carbons (Fsp3) is 0.125. The molecule has 0 N–H and O–H groups in total. The van der Waals surface area contributed by atoms with Gasteiger partial charge in [-0.05, 0) is 47.2 Å². The molecule has 0 unspecified atom stereocenters. The van der Waals surface area contributed by atoms with Crippen LogP contribution in [0.1, 0.15) is 22.3 Å². The average molecular weight is 234 g/mol. The van der Waals surface area contributed by atoms with Crippen molar-refractivity contribution >= 4 is 12.2 Å². The summed E-state index contributed by atoms with van der Waals surface area (Å²) in [5.41, 5.74) is 5.34. The molecule has 2 heteroatoms. The molecule has 2 aliphatic rings. The summed E-state index contributed by atoms with van der Waals surface area (Å²) in [4.78, 5) is 8.02. The van der Waals surface area contributed by atoms with Gasteiger partial charge in [-0.2, -0.15) is 0 Å². The van der Waals surface area contributed by atoms with Gasteiger partial charge in [-0.15, -0.1) is 0 Å². The first-order valence-electron chi connectivity index (χ1n) is 6.12. The highest BCUT2D eigenvalue weighted by molar-refractivity contribution is 5.58. The molecule has 0 bridgehead atoms. The van der Waals surface area contributed by atoms with Gasteiger partial charge in [0.1, 0.15) is 0 Å². The molecular weight excluding hydrogens is 220 g/mol. The van der Waals surface area contributed by atoms with Gasteiger partial charge in [0.25, 0.3) is 0 Å². The zero-order chi connectivity index (χ0) is 12.2. The van der Waals surface area contributed by atoms with Gasteiger partial charge in [-0.1, -0.05) is 24.3 Å². The van der Waals surface area contributed by atoms with Gasteiger partial charge in [0.15, 0.2) is 0 Å². The maximum atomic E-state index is 4.02. The van der Waals surface area contributed by atoms with Gasteiger partial charge in [0.05, 0.1) is 0 Å². The number of hydrogen-bond acceptors (Lipinski definition) is 2. The lowest BCUT2D eigenvalue weighted by Gasteiger charge is -1.92. The smallest absolute Gasteiger partial charge is 0.0343 e. The summed E-state index contributed by atoms with van der Waals surface area (Å²) >= 11 is 0. The Balaban J connectivity index is 0.000000111. The number of nitrogens with zero attached hydrogens (tertiary/aromatic N) is 2. The maximum absolute atomic E-state index is 4.02. The van der Waals surface area contributed by atoms with E-state index in [1.165, 1.54) is 22.3 Å². The van der Waals surface area contributed by atoms with Crippen molar-refractivity contribution in [3.63, 3.8) is 0 Å². The summed E-state index contributed by atoms with van der Waals surface area (Å²) in [7, 11) is 0. The molecule has 0 radical (unpaired) electrons. The molecule has 0 spiro atoms. The van der Waals surface area contributed by atoms with Gasteiger partial charge in [0, 0.05) is 24.8 Å². The number of rotatable bonds is 0. The number of allylic oxidation sites excluding steroid dienone is 2. The Morgan fingerprint density at radius 3 is 2.28 bits per heavy atom. The summed E-state index contributed by atoms with van der Waals surface area (Å²) in [6.45, 7) is 0. The van der Waals surface area contributed by atoms with Gasteiger partial charge in [-0.3, -0.25) is 9.97 Å². The van der Waals surface area contributed by atoms with Crippen LogP contribution in [0.3, 0.4) is 0 Å².